The Hall–Kier alpha value is -5.88. The summed E-state index contributed by atoms with van der Waals surface area (Å²) in [5, 5.41) is 6.58. The fourth-order valence-corrected chi connectivity index (χ4v) is 6.33. The van der Waals surface area contributed by atoms with E-state index in [0.717, 1.165) is 27.3 Å². The lowest BCUT2D eigenvalue weighted by molar-refractivity contribution is -0.114. The average Bonchev–Trinajstić information content (AvgIpc) is 3.92. The van der Waals surface area contributed by atoms with Crippen molar-refractivity contribution in [2.24, 2.45) is 4.99 Å². The second-order valence-corrected chi connectivity index (χ2v) is 15.5. The Morgan fingerprint density at radius 3 is 1.68 bits per heavy atom. The van der Waals surface area contributed by atoms with E-state index in [0.29, 0.717) is 73.4 Å². The molecule has 0 aliphatic carbocycles. The first-order valence-corrected chi connectivity index (χ1v) is 22.2. The number of hydrogen-bond donors (Lipinski definition) is 5. The molecule has 6 aromatic rings. The molecule has 0 saturated carbocycles. The summed E-state index contributed by atoms with van der Waals surface area (Å²) in [5.74, 6) is 2.20. The first-order valence-electron chi connectivity index (χ1n) is 18.6. The third-order valence-corrected chi connectivity index (χ3v) is 10.1. The Morgan fingerprint density at radius 1 is 0.676 bits per heavy atom. The molecule has 0 radical (unpaired) electrons. The molecule has 0 saturated heterocycles. The van der Waals surface area contributed by atoms with Crippen molar-refractivity contribution in [2.75, 3.05) is 76.5 Å². The van der Waals surface area contributed by atoms with Crippen molar-refractivity contribution in [2.45, 2.75) is 13.8 Å². The monoisotopic (exact) mass is 1080 g/mol. The molecule has 20 nitrogen and oxygen atoms in total. The zero-order chi connectivity index (χ0) is 49.5. The van der Waals surface area contributed by atoms with E-state index in [4.69, 9.17) is 104 Å². The number of aromatic amines is 2. The maximum atomic E-state index is 12.1. The molecule has 366 valence electrons. The van der Waals surface area contributed by atoms with Crippen molar-refractivity contribution >= 4 is 138 Å². The lowest BCUT2D eigenvalue weighted by Crippen LogP contribution is -2.15. The quantitative estimate of drug-likeness (QED) is 0.0331. The minimum atomic E-state index is -0.508. The number of thioether (sulfide) groups is 1. The van der Waals surface area contributed by atoms with Crippen molar-refractivity contribution in [3.05, 3.63) is 82.0 Å². The zero-order valence-electron chi connectivity index (χ0n) is 36.2. The number of carbonyl (C=O) groups is 3. The topological polar surface area (TPSA) is 265 Å². The number of alkyl halides is 2. The van der Waals surface area contributed by atoms with Gasteiger partial charge in [-0.1, -0.05) is 30.6 Å². The Balaban J connectivity index is 0.000000317. The van der Waals surface area contributed by atoms with Crippen LogP contribution in [0, 0.1) is 4.77 Å². The van der Waals surface area contributed by atoms with Gasteiger partial charge in [-0.15, -0.1) is 35.0 Å². The number of halogens is 5. The summed E-state index contributed by atoms with van der Waals surface area (Å²) in [5.41, 5.74) is 10.6. The van der Waals surface area contributed by atoms with Gasteiger partial charge in [-0.2, -0.15) is 0 Å². The van der Waals surface area contributed by atoms with Crippen LogP contribution in [0.2, 0.25) is 10.3 Å². The van der Waals surface area contributed by atoms with Crippen LogP contribution in [0.1, 0.15) is 13.0 Å². The number of ether oxygens (including phenoxy) is 6. The van der Waals surface area contributed by atoms with Gasteiger partial charge in [0.25, 0.3) is 17.6 Å². The molecule has 0 unspecified atom stereocenters. The molecule has 0 aromatic carbocycles. The van der Waals surface area contributed by atoms with Gasteiger partial charge < -0.3 is 54.8 Å². The van der Waals surface area contributed by atoms with Gasteiger partial charge in [0, 0.05) is 30.7 Å². The van der Waals surface area contributed by atoms with Crippen molar-refractivity contribution < 1.29 is 42.8 Å². The van der Waals surface area contributed by atoms with E-state index >= 15 is 0 Å². The molecule has 0 spiro atoms. The molecule has 2 amide bonds. The standard InChI is InChI=1S/C16H15ClN4O3S.C9H11ClN2O3.C7H10N2O2.C6H4ClN3S.C2H2Cl2O.CH4/c1-23-12-5-10(6-19-16(12)24-2)20-14(22)8-25-15-4-9-3-13(17)18-7-11(9)21-15;1-14-7-3-6(12-8(13)4-10)5-11-9(7)15-2;1-10-6-3-5(8)4-9-7(6)11-2;7-5-1-3-4(2-8-5)10-6(11)9-3;3-1-2(4)5;/h3,5-7H,4,8H2,1-2H3,(H,20,22);3,5H,4H2,1-2H3,(H,12,13);3-4H,8H2,1-2H3;1-2H,(H2,9,10,11);1H2;1H4. The number of carbonyl (C=O) groups excluding carboxylic acids is 3. The maximum absolute atomic E-state index is 12.1. The van der Waals surface area contributed by atoms with Crippen molar-refractivity contribution in [1.82, 2.24) is 34.9 Å². The van der Waals surface area contributed by atoms with Crippen LogP contribution in [0.3, 0.4) is 0 Å². The van der Waals surface area contributed by atoms with Crippen LogP contribution in [-0.4, -0.2) is 117 Å². The van der Waals surface area contributed by atoms with Gasteiger partial charge in [0.1, 0.15) is 16.2 Å². The van der Waals surface area contributed by atoms with Crippen molar-refractivity contribution in [3.63, 3.8) is 0 Å². The Morgan fingerprint density at radius 2 is 1.16 bits per heavy atom. The number of aliphatic imine (C=N–C) groups is 1. The Kier molecular flexibility index (Phi) is 26.1. The van der Waals surface area contributed by atoms with Gasteiger partial charge in [0.05, 0.1) is 124 Å². The first kappa shape index (κ1) is 58.2. The molecule has 0 fully saturated rings. The van der Waals surface area contributed by atoms with E-state index in [1.54, 1.807) is 49.8 Å². The van der Waals surface area contributed by atoms with E-state index in [1.165, 1.54) is 65.9 Å². The van der Waals surface area contributed by atoms with Crippen LogP contribution in [0.5, 0.6) is 34.9 Å². The molecule has 68 heavy (non-hydrogen) atoms. The molecule has 7 heterocycles. The largest absolute Gasteiger partial charge is 0.491 e. The normalized spacial score (nSPS) is 10.4. The predicted molar refractivity (Wildman–Crippen MR) is 272 cm³/mol. The molecule has 0 atom stereocenters. The van der Waals surface area contributed by atoms with Crippen molar-refractivity contribution in [1.29, 1.82) is 0 Å². The summed E-state index contributed by atoms with van der Waals surface area (Å²) >= 11 is 32.7. The maximum Gasteiger partial charge on any atom is 0.256 e. The predicted octanol–water partition coefficient (Wildman–Crippen LogP) is 8.96. The molecule has 0 bridgehead atoms. The van der Waals surface area contributed by atoms with Crippen LogP contribution >= 0.6 is 82.0 Å². The number of H-pyrrole nitrogens is 2. The molecular formula is C41H46Cl5N11O9S2. The number of nitrogens with two attached hydrogens (primary N) is 1. The first-order chi connectivity index (χ1) is 32.1. The summed E-state index contributed by atoms with van der Waals surface area (Å²) in [7, 11) is 9.06. The number of imidazole rings is 1. The fraction of sp³-hybridized carbons (Fsp3) is 0.268. The zero-order valence-corrected chi connectivity index (χ0v) is 41.7. The molecule has 6 aromatic heterocycles. The highest BCUT2D eigenvalue weighted by Gasteiger charge is 2.18. The molecule has 7 rings (SSSR count). The number of methoxy groups -OCH3 is 6. The van der Waals surface area contributed by atoms with E-state index in [1.807, 2.05) is 0 Å². The molecule has 27 heteroatoms. The lowest BCUT2D eigenvalue weighted by atomic mass is 10.2. The Bertz CT molecular complexity index is 2700. The van der Waals surface area contributed by atoms with E-state index in [-0.39, 0.29) is 36.8 Å². The van der Waals surface area contributed by atoms with Crippen LogP contribution in [0.4, 0.5) is 22.7 Å². The van der Waals surface area contributed by atoms with E-state index < -0.39 is 5.24 Å². The number of aromatic nitrogens is 7. The highest BCUT2D eigenvalue weighted by molar-refractivity contribution is 8.14. The summed E-state index contributed by atoms with van der Waals surface area (Å²) in [6, 6.07) is 8.44. The van der Waals surface area contributed by atoms with E-state index in [9.17, 15) is 14.4 Å². The smallest absolute Gasteiger partial charge is 0.256 e. The molecular weight excluding hydrogens is 1030 g/mol. The summed E-state index contributed by atoms with van der Waals surface area (Å²) in [4.78, 5) is 62.7. The number of hydrogen-bond acceptors (Lipinski definition) is 18. The molecule has 1 aliphatic heterocycles. The molecule has 6 N–H and O–H groups in total. The number of amides is 2. The van der Waals surface area contributed by atoms with Crippen molar-refractivity contribution in [3.8, 4) is 34.9 Å². The number of pyridine rings is 5. The highest BCUT2D eigenvalue weighted by atomic mass is 35.5. The number of nitrogens with one attached hydrogen (secondary N) is 4. The van der Waals surface area contributed by atoms with Crippen LogP contribution in [-0.2, 0) is 20.8 Å². The van der Waals surface area contributed by atoms with Crippen LogP contribution in [0.25, 0.3) is 11.0 Å². The Labute approximate surface area is 425 Å². The minimum Gasteiger partial charge on any atom is -0.491 e. The summed E-state index contributed by atoms with van der Waals surface area (Å²) < 4.78 is 30.6. The number of fused-ring (bicyclic) bond motifs is 2. The second-order valence-electron chi connectivity index (χ2n) is 12.3. The number of anilines is 3. The minimum absolute atomic E-state index is 0. The van der Waals surface area contributed by atoms with Crippen LogP contribution in [0.15, 0.2) is 66.3 Å². The number of nitrogens with zero attached hydrogens (tertiary/aromatic N) is 6. The van der Waals surface area contributed by atoms with Gasteiger partial charge in [0.15, 0.2) is 22.0 Å². The fourth-order valence-electron chi connectivity index (χ4n) is 4.92. The lowest BCUT2D eigenvalue weighted by Gasteiger charge is -2.09. The van der Waals surface area contributed by atoms with Crippen LogP contribution < -0.4 is 44.8 Å². The SMILES string of the molecule is C.COc1cc(N)cnc1OC.COc1cc(NC(=O)CCl)cnc1OC.COc1cc(NC(=O)CSC2=Nc3cnc(Cl)cc3C2)cnc1OC.O=C(Cl)CCl.S=c1[nH]c2cnc(Cl)cc2[nH]1. The van der Waals surface area contributed by atoms with Gasteiger partial charge in [-0.3, -0.25) is 14.4 Å². The number of rotatable bonds is 12. The van der Waals surface area contributed by atoms with Gasteiger partial charge in [-0.25, -0.2) is 29.9 Å². The van der Waals surface area contributed by atoms with Gasteiger partial charge >= 0.3 is 0 Å². The average molecular weight is 1080 g/mol. The highest BCUT2D eigenvalue weighted by Crippen LogP contribution is 2.32. The van der Waals surface area contributed by atoms with Gasteiger partial charge in [-0.05, 0) is 35.4 Å². The molecule has 1 aliphatic rings. The summed E-state index contributed by atoms with van der Waals surface area (Å²) in [6.07, 6.45) is 8.44. The second kappa shape index (κ2) is 30.5. The third-order valence-electron chi connectivity index (χ3n) is 7.77. The van der Waals surface area contributed by atoms with Gasteiger partial charge in [0.2, 0.25) is 17.1 Å². The number of nitrogen functional groups attached to an aromatic ring is 1. The third kappa shape index (κ3) is 19.4. The summed E-state index contributed by atoms with van der Waals surface area (Å²) in [6.45, 7) is 0. The van der Waals surface area contributed by atoms with E-state index in [2.05, 4.69) is 50.5 Å².